The van der Waals surface area contributed by atoms with Crippen LogP contribution in [0.5, 0.6) is 5.75 Å². The second-order valence-corrected chi connectivity index (χ2v) is 6.83. The second kappa shape index (κ2) is 9.07. The second-order valence-electron chi connectivity index (χ2n) is 6.83. The summed E-state index contributed by atoms with van der Waals surface area (Å²) in [5, 5.41) is 5.27. The highest BCUT2D eigenvalue weighted by Crippen LogP contribution is 2.35. The molecule has 164 valence electrons. The number of rotatable bonds is 6. The molecular weight excluding hydrogens is 415 g/mol. The van der Waals surface area contributed by atoms with Crippen molar-refractivity contribution in [1.82, 2.24) is 5.32 Å². The Morgan fingerprint density at radius 1 is 1.13 bits per heavy atom. The fraction of sp³-hybridized carbons (Fsp3) is 0.286. The maximum absolute atomic E-state index is 12.7. The summed E-state index contributed by atoms with van der Waals surface area (Å²) in [6.07, 6.45) is -3.74. The molecule has 2 N–H and O–H groups in total. The van der Waals surface area contributed by atoms with E-state index in [0.717, 1.165) is 30.7 Å². The fourth-order valence-electron chi connectivity index (χ4n) is 2.93. The van der Waals surface area contributed by atoms with Crippen LogP contribution < -0.4 is 20.3 Å². The number of hydrogen-bond donors (Lipinski definition) is 2. The van der Waals surface area contributed by atoms with Crippen LogP contribution in [0.1, 0.15) is 29.3 Å². The molecule has 0 unspecified atom stereocenters. The number of alkyl halides is 3. The van der Waals surface area contributed by atoms with Crippen molar-refractivity contribution in [3.63, 3.8) is 0 Å². The van der Waals surface area contributed by atoms with Crippen LogP contribution in [0.2, 0.25) is 0 Å². The Hall–Kier alpha value is -3.56. The van der Waals surface area contributed by atoms with Gasteiger partial charge in [0.1, 0.15) is 12.3 Å². The smallest absolute Gasteiger partial charge is 0.416 e. The monoisotopic (exact) mass is 435 g/mol. The Kier molecular flexibility index (Phi) is 6.47. The summed E-state index contributed by atoms with van der Waals surface area (Å²) in [6.45, 7) is 1.96. The van der Waals surface area contributed by atoms with Crippen LogP contribution >= 0.6 is 0 Å². The lowest BCUT2D eigenvalue weighted by Gasteiger charge is -2.29. The van der Waals surface area contributed by atoms with Crippen LogP contribution in [0, 0.1) is 0 Å². The Bertz CT molecular complexity index is 990. The zero-order valence-electron chi connectivity index (χ0n) is 16.6. The summed E-state index contributed by atoms with van der Waals surface area (Å²) < 4.78 is 43.4. The fourth-order valence-corrected chi connectivity index (χ4v) is 2.93. The summed E-state index contributed by atoms with van der Waals surface area (Å²) in [7, 11) is 0. The zero-order valence-corrected chi connectivity index (χ0v) is 16.6. The van der Waals surface area contributed by atoms with Crippen LogP contribution in [0.15, 0.2) is 42.5 Å². The molecule has 1 heterocycles. The highest BCUT2D eigenvalue weighted by atomic mass is 19.4. The van der Waals surface area contributed by atoms with Gasteiger partial charge in [-0.25, -0.2) is 0 Å². The molecule has 0 saturated carbocycles. The first-order chi connectivity index (χ1) is 14.7. The minimum Gasteiger partial charge on any atom is -0.482 e. The summed E-state index contributed by atoms with van der Waals surface area (Å²) in [6, 6.07) is 8.35. The van der Waals surface area contributed by atoms with Crippen molar-refractivity contribution in [3.05, 3.63) is 53.6 Å². The largest absolute Gasteiger partial charge is 0.482 e. The van der Waals surface area contributed by atoms with Crippen molar-refractivity contribution in [2.24, 2.45) is 0 Å². The minimum absolute atomic E-state index is 0.0360. The lowest BCUT2D eigenvalue weighted by Crippen LogP contribution is -2.45. The van der Waals surface area contributed by atoms with Gasteiger partial charge in [0.25, 0.3) is 11.8 Å². The Labute approximate surface area is 176 Å². The maximum Gasteiger partial charge on any atom is 0.416 e. The number of benzene rings is 2. The molecule has 2 aromatic rings. The summed E-state index contributed by atoms with van der Waals surface area (Å²) in [5.74, 6) is -0.994. The quantitative estimate of drug-likeness (QED) is 0.730. The van der Waals surface area contributed by atoms with Crippen molar-refractivity contribution in [2.45, 2.75) is 19.5 Å². The van der Waals surface area contributed by atoms with Gasteiger partial charge in [0, 0.05) is 17.8 Å². The van der Waals surface area contributed by atoms with Crippen molar-refractivity contribution in [1.29, 1.82) is 0 Å². The summed E-state index contributed by atoms with van der Waals surface area (Å²) in [5.41, 5.74) is -0.214. The van der Waals surface area contributed by atoms with Gasteiger partial charge in [0.05, 0.1) is 11.3 Å². The first-order valence-corrected chi connectivity index (χ1v) is 9.51. The number of amides is 3. The predicted octanol–water partition coefficient (Wildman–Crippen LogP) is 3.21. The average Bonchev–Trinajstić information content (AvgIpc) is 2.74. The molecule has 10 heteroatoms. The molecule has 0 spiro atoms. The Morgan fingerprint density at radius 2 is 1.84 bits per heavy atom. The van der Waals surface area contributed by atoms with Gasteiger partial charge < -0.3 is 15.4 Å². The molecule has 0 radical (unpaired) electrons. The normalized spacial score (nSPS) is 13.3. The van der Waals surface area contributed by atoms with Gasteiger partial charge in [-0.05, 0) is 48.9 Å². The van der Waals surface area contributed by atoms with Crippen molar-refractivity contribution >= 4 is 29.1 Å². The average molecular weight is 435 g/mol. The van der Waals surface area contributed by atoms with E-state index >= 15 is 0 Å². The number of nitrogens with zero attached hydrogens (tertiary/aromatic N) is 1. The van der Waals surface area contributed by atoms with E-state index in [1.54, 1.807) is 6.07 Å². The number of ether oxygens (including phenoxy) is 1. The van der Waals surface area contributed by atoms with Crippen molar-refractivity contribution < 1.29 is 32.3 Å². The van der Waals surface area contributed by atoms with Crippen LogP contribution in [0.25, 0.3) is 0 Å². The molecular formula is C21H20F3N3O4. The van der Waals surface area contributed by atoms with Gasteiger partial charge in [-0.3, -0.25) is 19.3 Å². The van der Waals surface area contributed by atoms with Crippen LogP contribution in [-0.4, -0.2) is 37.4 Å². The molecule has 0 bridgehead atoms. The molecule has 0 atom stereocenters. The first-order valence-electron chi connectivity index (χ1n) is 9.51. The third-order valence-corrected chi connectivity index (χ3v) is 4.51. The number of fused-ring (bicyclic) bond motifs is 1. The highest BCUT2D eigenvalue weighted by Gasteiger charge is 2.30. The van der Waals surface area contributed by atoms with Gasteiger partial charge in [0.15, 0.2) is 6.61 Å². The number of carbonyl (C=O) groups is 3. The Balaban J connectivity index is 1.77. The molecule has 0 saturated heterocycles. The predicted molar refractivity (Wildman–Crippen MR) is 107 cm³/mol. The third kappa shape index (κ3) is 5.33. The van der Waals surface area contributed by atoms with E-state index in [4.69, 9.17) is 4.74 Å². The van der Waals surface area contributed by atoms with E-state index in [1.165, 1.54) is 17.0 Å². The molecule has 2 aromatic carbocycles. The molecule has 1 aliphatic heterocycles. The molecule has 0 aliphatic carbocycles. The van der Waals surface area contributed by atoms with Gasteiger partial charge in [-0.15, -0.1) is 0 Å². The SMILES string of the molecule is CCCNC(=O)CN1C(=O)COc2ccc(NC(=O)c3ccc(C(F)(F)F)cc3)cc21. The van der Waals surface area contributed by atoms with Gasteiger partial charge in [-0.1, -0.05) is 6.92 Å². The molecule has 1 aliphatic rings. The number of nitrogens with one attached hydrogen (secondary N) is 2. The maximum atomic E-state index is 12.7. The lowest BCUT2D eigenvalue weighted by molar-refractivity contribution is -0.137. The number of anilines is 2. The standard InChI is InChI=1S/C21H20F3N3O4/c1-2-9-25-18(28)11-27-16-10-15(7-8-17(16)31-12-19(27)29)26-20(30)13-3-5-14(6-4-13)21(22,23)24/h3-8,10H,2,9,11-12H2,1H3,(H,25,28)(H,26,30). The molecule has 3 amide bonds. The van der Waals surface area contributed by atoms with Gasteiger partial charge >= 0.3 is 6.18 Å². The van der Waals surface area contributed by atoms with Crippen molar-refractivity contribution in [3.8, 4) is 5.75 Å². The van der Waals surface area contributed by atoms with E-state index in [9.17, 15) is 27.6 Å². The summed E-state index contributed by atoms with van der Waals surface area (Å²) in [4.78, 5) is 38.0. The topological polar surface area (TPSA) is 87.7 Å². The van der Waals surface area contributed by atoms with Crippen LogP contribution in [-0.2, 0) is 15.8 Å². The van der Waals surface area contributed by atoms with E-state index in [2.05, 4.69) is 10.6 Å². The zero-order chi connectivity index (χ0) is 22.6. The lowest BCUT2D eigenvalue weighted by atomic mass is 10.1. The van der Waals surface area contributed by atoms with E-state index in [0.29, 0.717) is 23.7 Å². The summed E-state index contributed by atoms with van der Waals surface area (Å²) >= 11 is 0. The minimum atomic E-state index is -4.49. The molecule has 0 aromatic heterocycles. The van der Waals surface area contributed by atoms with Crippen molar-refractivity contribution in [2.75, 3.05) is 29.9 Å². The molecule has 0 fully saturated rings. The van der Waals surface area contributed by atoms with E-state index in [1.807, 2.05) is 6.92 Å². The number of carbonyl (C=O) groups excluding carboxylic acids is 3. The van der Waals surface area contributed by atoms with Gasteiger partial charge in [-0.2, -0.15) is 13.2 Å². The number of halogens is 3. The van der Waals surface area contributed by atoms with Gasteiger partial charge in [0.2, 0.25) is 5.91 Å². The third-order valence-electron chi connectivity index (χ3n) is 4.51. The molecule has 3 rings (SSSR count). The van der Waals surface area contributed by atoms with E-state index in [-0.39, 0.29) is 24.6 Å². The molecule has 31 heavy (non-hydrogen) atoms. The number of hydrogen-bond acceptors (Lipinski definition) is 4. The Morgan fingerprint density at radius 3 is 2.48 bits per heavy atom. The first kappa shape index (κ1) is 22.1. The van der Waals surface area contributed by atoms with Crippen LogP contribution in [0.4, 0.5) is 24.5 Å². The molecule has 7 nitrogen and oxygen atoms in total. The van der Waals surface area contributed by atoms with E-state index < -0.39 is 23.6 Å². The van der Waals surface area contributed by atoms with Crippen LogP contribution in [0.3, 0.4) is 0 Å². The highest BCUT2D eigenvalue weighted by molar-refractivity contribution is 6.06.